The van der Waals surface area contributed by atoms with E-state index in [-0.39, 0.29) is 5.43 Å². The lowest BCUT2D eigenvalue weighted by Gasteiger charge is -2.32. The van der Waals surface area contributed by atoms with Crippen LogP contribution in [0.4, 0.5) is 0 Å². The summed E-state index contributed by atoms with van der Waals surface area (Å²) in [6.07, 6.45) is 5.07. The summed E-state index contributed by atoms with van der Waals surface area (Å²) in [6, 6.07) is 6.43. The topological polar surface area (TPSA) is 46.5 Å². The monoisotopic (exact) mass is 329 g/mol. The molecule has 2 unspecified atom stereocenters. The summed E-state index contributed by atoms with van der Waals surface area (Å²) in [6.45, 7) is 8.86. The predicted molar refractivity (Wildman–Crippen MR) is 97.9 cm³/mol. The number of benzene rings is 1. The van der Waals surface area contributed by atoms with Crippen molar-refractivity contribution in [2.24, 2.45) is 0 Å². The van der Waals surface area contributed by atoms with Gasteiger partial charge in [0.25, 0.3) is 0 Å². The molecule has 24 heavy (non-hydrogen) atoms. The van der Waals surface area contributed by atoms with E-state index in [9.17, 15) is 4.79 Å². The number of aromatic nitrogens is 1. The van der Waals surface area contributed by atoms with Crippen LogP contribution in [-0.4, -0.2) is 24.2 Å². The van der Waals surface area contributed by atoms with Crippen molar-refractivity contribution < 1.29 is 9.64 Å². The lowest BCUT2D eigenvalue weighted by Crippen LogP contribution is -3.15. The molecule has 2 aromatic rings. The van der Waals surface area contributed by atoms with E-state index in [2.05, 4.69) is 11.9 Å². The predicted octanol–water partition coefficient (Wildman–Crippen LogP) is 2.58. The molecular weight excluding hydrogens is 300 g/mol. The molecule has 4 nitrogen and oxygen atoms in total. The second-order valence-electron chi connectivity index (χ2n) is 6.88. The highest BCUT2D eigenvalue weighted by molar-refractivity contribution is 5.81. The van der Waals surface area contributed by atoms with E-state index in [4.69, 9.17) is 4.74 Å². The quantitative estimate of drug-likeness (QED) is 0.886. The molecule has 1 fully saturated rings. The van der Waals surface area contributed by atoms with Gasteiger partial charge in [-0.1, -0.05) is 6.92 Å². The molecule has 0 aliphatic carbocycles. The largest absolute Gasteiger partial charge is 0.494 e. The van der Waals surface area contributed by atoms with Crippen molar-refractivity contribution in [3.63, 3.8) is 0 Å². The summed E-state index contributed by atoms with van der Waals surface area (Å²) < 4.78 is 5.57. The van der Waals surface area contributed by atoms with Gasteiger partial charge >= 0.3 is 0 Å². The SMILES string of the molecule is CCOc1ccc2[nH]c(C)c(C[NH+]3CCCCC3CC)c(=O)c2c1. The summed E-state index contributed by atoms with van der Waals surface area (Å²) in [5.74, 6) is 0.766. The van der Waals surface area contributed by atoms with Crippen molar-refractivity contribution in [2.45, 2.75) is 59.0 Å². The third kappa shape index (κ3) is 3.34. The lowest BCUT2D eigenvalue weighted by molar-refractivity contribution is -0.944. The van der Waals surface area contributed by atoms with Crippen LogP contribution in [0.5, 0.6) is 5.75 Å². The van der Waals surface area contributed by atoms with Crippen molar-refractivity contribution in [1.82, 2.24) is 4.98 Å². The minimum Gasteiger partial charge on any atom is -0.494 e. The zero-order valence-corrected chi connectivity index (χ0v) is 15.1. The number of quaternary nitrogens is 1. The minimum atomic E-state index is 0.163. The third-order valence-corrected chi connectivity index (χ3v) is 5.37. The number of nitrogens with one attached hydrogen (secondary N) is 2. The van der Waals surface area contributed by atoms with Crippen molar-refractivity contribution in [2.75, 3.05) is 13.2 Å². The van der Waals surface area contributed by atoms with Gasteiger partial charge in [0.05, 0.1) is 24.8 Å². The molecule has 3 rings (SSSR count). The molecule has 1 saturated heterocycles. The van der Waals surface area contributed by atoms with E-state index in [0.29, 0.717) is 12.6 Å². The highest BCUT2D eigenvalue weighted by Crippen LogP contribution is 2.18. The van der Waals surface area contributed by atoms with E-state index in [1.54, 1.807) is 4.90 Å². The summed E-state index contributed by atoms with van der Waals surface area (Å²) in [5, 5.41) is 0.742. The first kappa shape index (κ1) is 17.0. The Morgan fingerprint density at radius 1 is 1.29 bits per heavy atom. The number of fused-ring (bicyclic) bond motifs is 1. The van der Waals surface area contributed by atoms with Crippen LogP contribution in [0.25, 0.3) is 10.9 Å². The van der Waals surface area contributed by atoms with Gasteiger partial charge in [-0.05, 0) is 57.7 Å². The van der Waals surface area contributed by atoms with Gasteiger partial charge in [0.2, 0.25) is 0 Å². The Bertz CT molecular complexity index is 766. The Hall–Kier alpha value is -1.81. The first-order chi connectivity index (χ1) is 11.6. The number of rotatable bonds is 5. The Morgan fingerprint density at radius 3 is 2.88 bits per heavy atom. The highest BCUT2D eigenvalue weighted by Gasteiger charge is 2.26. The summed E-state index contributed by atoms with van der Waals surface area (Å²) in [5.41, 5.74) is 3.00. The lowest BCUT2D eigenvalue weighted by atomic mass is 9.98. The Balaban J connectivity index is 1.99. The number of H-pyrrole nitrogens is 1. The van der Waals surface area contributed by atoms with Crippen molar-refractivity contribution in [1.29, 1.82) is 0 Å². The number of likely N-dealkylation sites (tertiary alicyclic amines) is 1. The van der Waals surface area contributed by atoms with Crippen LogP contribution in [0.15, 0.2) is 23.0 Å². The molecule has 0 amide bonds. The molecule has 1 aliphatic heterocycles. The smallest absolute Gasteiger partial charge is 0.198 e. The average molecular weight is 329 g/mol. The number of aromatic amines is 1. The molecule has 0 saturated carbocycles. The molecule has 130 valence electrons. The van der Waals surface area contributed by atoms with Gasteiger partial charge in [0, 0.05) is 16.6 Å². The zero-order valence-electron chi connectivity index (χ0n) is 15.1. The van der Waals surface area contributed by atoms with E-state index in [0.717, 1.165) is 34.5 Å². The van der Waals surface area contributed by atoms with Crippen LogP contribution in [0.2, 0.25) is 0 Å². The molecule has 0 bridgehead atoms. The molecule has 1 aromatic carbocycles. The van der Waals surface area contributed by atoms with Crippen LogP contribution in [0, 0.1) is 6.92 Å². The first-order valence-corrected chi connectivity index (χ1v) is 9.27. The van der Waals surface area contributed by atoms with E-state index >= 15 is 0 Å². The molecule has 0 spiro atoms. The normalized spacial score (nSPS) is 21.1. The second-order valence-corrected chi connectivity index (χ2v) is 6.88. The minimum absolute atomic E-state index is 0.163. The van der Waals surface area contributed by atoms with Crippen LogP contribution in [0.1, 0.15) is 50.8 Å². The van der Waals surface area contributed by atoms with Crippen molar-refractivity contribution >= 4 is 10.9 Å². The number of aryl methyl sites for hydroxylation is 1. The van der Waals surface area contributed by atoms with Crippen LogP contribution in [0.3, 0.4) is 0 Å². The first-order valence-electron chi connectivity index (χ1n) is 9.27. The summed E-state index contributed by atoms with van der Waals surface area (Å²) in [4.78, 5) is 18.1. The van der Waals surface area contributed by atoms with Crippen LogP contribution in [-0.2, 0) is 6.54 Å². The third-order valence-electron chi connectivity index (χ3n) is 5.37. The number of piperidine rings is 1. The van der Waals surface area contributed by atoms with E-state index in [1.807, 2.05) is 32.0 Å². The van der Waals surface area contributed by atoms with Gasteiger partial charge in [-0.3, -0.25) is 4.79 Å². The maximum absolute atomic E-state index is 13.1. The maximum Gasteiger partial charge on any atom is 0.198 e. The molecule has 1 aromatic heterocycles. The molecule has 0 radical (unpaired) electrons. The van der Waals surface area contributed by atoms with Gasteiger partial charge in [-0.15, -0.1) is 0 Å². The fraction of sp³-hybridized carbons (Fsp3) is 0.550. The Labute approximate surface area is 143 Å². The second kappa shape index (κ2) is 7.39. The summed E-state index contributed by atoms with van der Waals surface area (Å²) in [7, 11) is 0. The molecule has 1 aliphatic rings. The zero-order chi connectivity index (χ0) is 17.1. The number of hydrogen-bond donors (Lipinski definition) is 2. The van der Waals surface area contributed by atoms with Gasteiger partial charge in [-0.2, -0.15) is 0 Å². The molecular formula is C20H29N2O2+. The number of hydrogen-bond acceptors (Lipinski definition) is 2. The van der Waals surface area contributed by atoms with Gasteiger partial charge in [-0.25, -0.2) is 0 Å². The van der Waals surface area contributed by atoms with E-state index in [1.165, 1.54) is 32.2 Å². The Morgan fingerprint density at radius 2 is 2.12 bits per heavy atom. The molecule has 2 N–H and O–H groups in total. The average Bonchev–Trinajstić information content (AvgIpc) is 2.60. The highest BCUT2D eigenvalue weighted by atomic mass is 16.5. The molecule has 2 atom stereocenters. The number of ether oxygens (including phenoxy) is 1. The van der Waals surface area contributed by atoms with Gasteiger partial charge in [0.1, 0.15) is 12.3 Å². The van der Waals surface area contributed by atoms with Crippen molar-refractivity contribution in [3.05, 3.63) is 39.7 Å². The fourth-order valence-corrected chi connectivity index (χ4v) is 4.00. The molecule has 2 heterocycles. The van der Waals surface area contributed by atoms with Crippen LogP contribution >= 0.6 is 0 Å². The fourth-order valence-electron chi connectivity index (χ4n) is 4.00. The standard InChI is InChI=1S/C20H28N2O2/c1-4-15-8-6-7-11-22(15)13-18-14(3)21-19-10-9-16(24-5-2)12-17(19)20(18)23/h9-10,12,15H,4-8,11,13H2,1-3H3,(H,21,23)/p+1. The van der Waals surface area contributed by atoms with Crippen LogP contribution < -0.4 is 15.1 Å². The van der Waals surface area contributed by atoms with E-state index < -0.39 is 0 Å². The van der Waals surface area contributed by atoms with Gasteiger partial charge < -0.3 is 14.6 Å². The van der Waals surface area contributed by atoms with Crippen molar-refractivity contribution in [3.8, 4) is 5.75 Å². The summed E-state index contributed by atoms with van der Waals surface area (Å²) >= 11 is 0. The molecule has 4 heteroatoms. The van der Waals surface area contributed by atoms with Gasteiger partial charge in [0.15, 0.2) is 5.43 Å². The maximum atomic E-state index is 13.1. The number of pyridine rings is 1. The Kier molecular flexibility index (Phi) is 5.24.